The van der Waals surface area contributed by atoms with Crippen molar-refractivity contribution in [1.29, 1.82) is 0 Å². The lowest BCUT2D eigenvalue weighted by atomic mass is 9.80. The number of carbonyl (C=O) groups excluding carboxylic acids is 1. The molecule has 1 heterocycles. The summed E-state index contributed by atoms with van der Waals surface area (Å²) < 4.78 is 0. The van der Waals surface area contributed by atoms with E-state index in [9.17, 15) is 9.90 Å². The molecular weight excluding hydrogens is 190 g/mol. The van der Waals surface area contributed by atoms with E-state index in [1.807, 2.05) is 6.92 Å². The van der Waals surface area contributed by atoms with Crippen LogP contribution in [0.5, 0.6) is 0 Å². The van der Waals surface area contributed by atoms with Gasteiger partial charge < -0.3 is 5.11 Å². The van der Waals surface area contributed by atoms with Gasteiger partial charge in [0.2, 0.25) is 0 Å². The van der Waals surface area contributed by atoms with Gasteiger partial charge in [-0.3, -0.25) is 9.69 Å². The number of likely N-dealkylation sites (tertiary alicyclic amines) is 1. The minimum atomic E-state index is -0.0897. The molecule has 0 aromatic rings. The Balaban J connectivity index is 1.85. The Morgan fingerprint density at radius 2 is 2.07 bits per heavy atom. The summed E-state index contributed by atoms with van der Waals surface area (Å²) in [7, 11) is 0. The van der Waals surface area contributed by atoms with E-state index in [4.69, 9.17) is 0 Å². The molecule has 3 heteroatoms. The standard InChI is InChI=1S/C12H21NO2/c1-2-11(14)8-13-6-9-3-4-12(15)5-10(9)7-13/h9-10,12,15H,2-8H2,1H3. The lowest BCUT2D eigenvalue weighted by molar-refractivity contribution is -0.119. The third-order valence-electron chi connectivity index (χ3n) is 3.89. The fourth-order valence-corrected chi connectivity index (χ4v) is 2.99. The summed E-state index contributed by atoms with van der Waals surface area (Å²) in [6.45, 7) is 4.64. The van der Waals surface area contributed by atoms with Gasteiger partial charge in [0.15, 0.2) is 0 Å². The second-order valence-corrected chi connectivity index (χ2v) is 5.07. The number of hydrogen-bond acceptors (Lipinski definition) is 3. The molecule has 86 valence electrons. The third-order valence-corrected chi connectivity index (χ3v) is 3.89. The molecule has 0 radical (unpaired) electrons. The van der Waals surface area contributed by atoms with Crippen molar-refractivity contribution in [2.24, 2.45) is 11.8 Å². The van der Waals surface area contributed by atoms with Crippen LogP contribution in [0.3, 0.4) is 0 Å². The number of hydrogen-bond donors (Lipinski definition) is 1. The van der Waals surface area contributed by atoms with E-state index in [1.54, 1.807) is 0 Å². The van der Waals surface area contributed by atoms with E-state index in [2.05, 4.69) is 4.90 Å². The molecule has 1 saturated heterocycles. The fraction of sp³-hybridized carbons (Fsp3) is 0.917. The summed E-state index contributed by atoms with van der Waals surface area (Å²) in [6, 6.07) is 0. The largest absolute Gasteiger partial charge is 0.393 e. The van der Waals surface area contributed by atoms with Crippen LogP contribution in [0, 0.1) is 11.8 Å². The van der Waals surface area contributed by atoms with Crippen molar-refractivity contribution in [3.05, 3.63) is 0 Å². The molecule has 2 rings (SSSR count). The van der Waals surface area contributed by atoms with E-state index >= 15 is 0 Å². The van der Waals surface area contributed by atoms with Gasteiger partial charge >= 0.3 is 0 Å². The molecule has 1 N–H and O–H groups in total. The lowest BCUT2D eigenvalue weighted by Crippen LogP contribution is -2.27. The van der Waals surface area contributed by atoms with Crippen molar-refractivity contribution in [3.63, 3.8) is 0 Å². The van der Waals surface area contributed by atoms with E-state index < -0.39 is 0 Å². The quantitative estimate of drug-likeness (QED) is 0.759. The summed E-state index contributed by atoms with van der Waals surface area (Å²) >= 11 is 0. The molecule has 2 aliphatic rings. The zero-order valence-electron chi connectivity index (χ0n) is 9.48. The van der Waals surface area contributed by atoms with Gasteiger partial charge in [-0.25, -0.2) is 0 Å². The highest BCUT2D eigenvalue weighted by Gasteiger charge is 2.37. The van der Waals surface area contributed by atoms with Gasteiger partial charge in [0.1, 0.15) is 5.78 Å². The molecule has 1 aliphatic carbocycles. The van der Waals surface area contributed by atoms with E-state index in [1.165, 1.54) is 0 Å². The maximum absolute atomic E-state index is 11.3. The molecule has 3 atom stereocenters. The van der Waals surface area contributed by atoms with Crippen LogP contribution in [-0.4, -0.2) is 41.5 Å². The van der Waals surface area contributed by atoms with Crippen molar-refractivity contribution >= 4 is 5.78 Å². The van der Waals surface area contributed by atoms with Crippen LogP contribution in [0.15, 0.2) is 0 Å². The maximum atomic E-state index is 11.3. The molecule has 3 unspecified atom stereocenters. The molecule has 0 aromatic carbocycles. The predicted octanol–water partition coefficient (Wildman–Crippen LogP) is 1.06. The Hall–Kier alpha value is -0.410. The summed E-state index contributed by atoms with van der Waals surface area (Å²) in [6.07, 6.45) is 3.60. The normalized spacial score (nSPS) is 36.5. The number of ketones is 1. The first-order chi connectivity index (χ1) is 7.19. The predicted molar refractivity (Wildman–Crippen MR) is 58.6 cm³/mol. The van der Waals surface area contributed by atoms with Gasteiger partial charge in [0, 0.05) is 19.5 Å². The highest BCUT2D eigenvalue weighted by Crippen LogP contribution is 2.36. The molecule has 1 saturated carbocycles. The lowest BCUT2D eigenvalue weighted by Gasteiger charge is -2.27. The van der Waals surface area contributed by atoms with Crippen LogP contribution >= 0.6 is 0 Å². The van der Waals surface area contributed by atoms with Gasteiger partial charge in [0.05, 0.1) is 12.6 Å². The van der Waals surface area contributed by atoms with Crippen LogP contribution in [0.25, 0.3) is 0 Å². The first kappa shape index (κ1) is 11.1. The summed E-state index contributed by atoms with van der Waals surface area (Å²) in [5, 5.41) is 9.59. The van der Waals surface area contributed by atoms with Crippen LogP contribution in [-0.2, 0) is 4.79 Å². The van der Waals surface area contributed by atoms with Gasteiger partial charge in [-0.15, -0.1) is 0 Å². The van der Waals surface area contributed by atoms with Gasteiger partial charge in [0.25, 0.3) is 0 Å². The van der Waals surface area contributed by atoms with Crippen LogP contribution in [0.4, 0.5) is 0 Å². The first-order valence-corrected chi connectivity index (χ1v) is 6.11. The second kappa shape index (κ2) is 4.62. The Kier molecular flexibility index (Phi) is 3.42. The number of rotatable bonds is 3. The highest BCUT2D eigenvalue weighted by atomic mass is 16.3. The van der Waals surface area contributed by atoms with Crippen LogP contribution in [0.1, 0.15) is 32.6 Å². The van der Waals surface area contributed by atoms with Gasteiger partial charge in [-0.2, -0.15) is 0 Å². The molecule has 0 spiro atoms. The minimum absolute atomic E-state index is 0.0897. The number of aliphatic hydroxyl groups excluding tert-OH is 1. The van der Waals surface area contributed by atoms with E-state index in [0.29, 0.717) is 24.7 Å². The molecule has 2 fully saturated rings. The topological polar surface area (TPSA) is 40.5 Å². The Morgan fingerprint density at radius 3 is 2.80 bits per heavy atom. The molecule has 15 heavy (non-hydrogen) atoms. The summed E-state index contributed by atoms with van der Waals surface area (Å²) in [4.78, 5) is 13.6. The second-order valence-electron chi connectivity index (χ2n) is 5.07. The van der Waals surface area contributed by atoms with Gasteiger partial charge in [-0.05, 0) is 31.1 Å². The Labute approximate surface area is 91.5 Å². The average Bonchev–Trinajstić information content (AvgIpc) is 2.59. The van der Waals surface area contributed by atoms with E-state index in [0.717, 1.165) is 38.3 Å². The fourth-order valence-electron chi connectivity index (χ4n) is 2.99. The average molecular weight is 211 g/mol. The molecule has 0 bridgehead atoms. The highest BCUT2D eigenvalue weighted by molar-refractivity contribution is 5.80. The Bertz CT molecular complexity index is 242. The zero-order valence-corrected chi connectivity index (χ0v) is 9.48. The van der Waals surface area contributed by atoms with Crippen molar-refractivity contribution in [1.82, 2.24) is 4.90 Å². The number of Topliss-reactive ketones (excluding diaryl/α,β-unsaturated/α-hetero) is 1. The van der Waals surface area contributed by atoms with Crippen LogP contribution in [0.2, 0.25) is 0 Å². The summed E-state index contributed by atoms with van der Waals surface area (Å²) in [5.41, 5.74) is 0. The van der Waals surface area contributed by atoms with Crippen molar-refractivity contribution in [2.75, 3.05) is 19.6 Å². The molecule has 0 aromatic heterocycles. The molecule has 3 nitrogen and oxygen atoms in total. The number of fused-ring (bicyclic) bond motifs is 1. The first-order valence-electron chi connectivity index (χ1n) is 6.11. The van der Waals surface area contributed by atoms with Crippen molar-refractivity contribution in [2.45, 2.75) is 38.7 Å². The number of nitrogens with zero attached hydrogens (tertiary/aromatic N) is 1. The van der Waals surface area contributed by atoms with Crippen molar-refractivity contribution < 1.29 is 9.90 Å². The maximum Gasteiger partial charge on any atom is 0.146 e. The summed E-state index contributed by atoms with van der Waals surface area (Å²) in [5.74, 6) is 1.71. The van der Waals surface area contributed by atoms with Gasteiger partial charge in [-0.1, -0.05) is 6.92 Å². The smallest absolute Gasteiger partial charge is 0.146 e. The molecule has 0 amide bonds. The zero-order chi connectivity index (χ0) is 10.8. The minimum Gasteiger partial charge on any atom is -0.393 e. The SMILES string of the molecule is CCC(=O)CN1CC2CCC(O)CC2C1. The van der Waals surface area contributed by atoms with Crippen LogP contribution < -0.4 is 0 Å². The number of aliphatic hydroxyl groups is 1. The molecule has 1 aliphatic heterocycles. The monoisotopic (exact) mass is 211 g/mol. The van der Waals surface area contributed by atoms with Crippen molar-refractivity contribution in [3.8, 4) is 0 Å². The number of carbonyl (C=O) groups is 1. The Morgan fingerprint density at radius 1 is 1.33 bits per heavy atom. The van der Waals surface area contributed by atoms with E-state index in [-0.39, 0.29) is 6.10 Å². The molecular formula is C12H21NO2. The third kappa shape index (κ3) is 2.58.